The molecule has 1 aromatic heterocycles. The van der Waals surface area contributed by atoms with Gasteiger partial charge in [-0.25, -0.2) is 4.68 Å². The first-order valence-electron chi connectivity index (χ1n) is 7.32. The maximum Gasteiger partial charge on any atom is 0.210 e. The van der Waals surface area contributed by atoms with Gasteiger partial charge in [0, 0.05) is 11.3 Å². The Morgan fingerprint density at radius 2 is 1.50 bits per heavy atom. The molecule has 2 aromatic carbocycles. The second-order valence-electron chi connectivity index (χ2n) is 5.04. The van der Waals surface area contributed by atoms with E-state index in [1.807, 2.05) is 48.5 Å². The van der Waals surface area contributed by atoms with Crippen LogP contribution in [0, 0.1) is 0 Å². The quantitative estimate of drug-likeness (QED) is 0.548. The second kappa shape index (κ2) is 7.27. The molecule has 7 heteroatoms. The predicted molar refractivity (Wildman–Crippen MR) is 94.7 cm³/mol. The van der Waals surface area contributed by atoms with Gasteiger partial charge in [0.2, 0.25) is 5.16 Å². The van der Waals surface area contributed by atoms with Gasteiger partial charge in [-0.1, -0.05) is 23.9 Å². The largest absolute Gasteiger partial charge is 0.497 e. The maximum atomic E-state index is 6.14. The second-order valence-corrected chi connectivity index (χ2v) is 5.98. The van der Waals surface area contributed by atoms with Gasteiger partial charge in [0.05, 0.1) is 14.2 Å². The Balaban J connectivity index is 1.71. The van der Waals surface area contributed by atoms with E-state index < -0.39 is 0 Å². The number of hydrogen-bond acceptors (Lipinski definition) is 6. The molecular weight excluding hydrogens is 324 g/mol. The topological polar surface area (TPSA) is 75.2 Å². The normalized spacial score (nSPS) is 10.6. The number of rotatable bonds is 6. The molecule has 0 aliphatic rings. The molecule has 0 fully saturated rings. The summed E-state index contributed by atoms with van der Waals surface area (Å²) >= 11 is 1.54. The highest BCUT2D eigenvalue weighted by Crippen LogP contribution is 2.26. The SMILES string of the molecule is COc1ccc(CSc2nnc(-c3ccc(OC)cc3)n2N)cc1. The van der Waals surface area contributed by atoms with Crippen LogP contribution in [0.2, 0.25) is 0 Å². The number of thioether (sulfide) groups is 1. The van der Waals surface area contributed by atoms with Crippen LogP contribution in [0.5, 0.6) is 11.5 Å². The number of ether oxygens (including phenoxy) is 2. The molecular formula is C17H18N4O2S. The highest BCUT2D eigenvalue weighted by atomic mass is 32.2. The van der Waals surface area contributed by atoms with Crippen LogP contribution in [-0.4, -0.2) is 29.1 Å². The lowest BCUT2D eigenvalue weighted by atomic mass is 10.2. The Morgan fingerprint density at radius 1 is 0.917 bits per heavy atom. The highest BCUT2D eigenvalue weighted by molar-refractivity contribution is 7.98. The summed E-state index contributed by atoms with van der Waals surface area (Å²) in [6.45, 7) is 0. The molecule has 0 atom stereocenters. The van der Waals surface area contributed by atoms with Gasteiger partial charge in [0.15, 0.2) is 5.82 Å². The van der Waals surface area contributed by atoms with Crippen molar-refractivity contribution < 1.29 is 9.47 Å². The molecule has 6 nitrogen and oxygen atoms in total. The smallest absolute Gasteiger partial charge is 0.210 e. The summed E-state index contributed by atoms with van der Waals surface area (Å²) in [7, 11) is 3.29. The molecule has 2 N–H and O–H groups in total. The Hall–Kier alpha value is -2.67. The van der Waals surface area contributed by atoms with Gasteiger partial charge in [0.25, 0.3) is 0 Å². The van der Waals surface area contributed by atoms with Crippen molar-refractivity contribution in [1.82, 2.24) is 14.9 Å². The first-order valence-corrected chi connectivity index (χ1v) is 8.30. The summed E-state index contributed by atoms with van der Waals surface area (Å²) in [5.74, 6) is 9.14. The molecule has 0 saturated heterocycles. The Labute approximate surface area is 144 Å². The summed E-state index contributed by atoms with van der Waals surface area (Å²) in [5.41, 5.74) is 2.05. The highest BCUT2D eigenvalue weighted by Gasteiger charge is 2.12. The lowest BCUT2D eigenvalue weighted by molar-refractivity contribution is 0.414. The van der Waals surface area contributed by atoms with Gasteiger partial charge in [-0.2, -0.15) is 0 Å². The zero-order valence-electron chi connectivity index (χ0n) is 13.5. The fraction of sp³-hybridized carbons (Fsp3) is 0.176. The summed E-state index contributed by atoms with van der Waals surface area (Å²) in [6.07, 6.45) is 0. The van der Waals surface area contributed by atoms with Gasteiger partial charge >= 0.3 is 0 Å². The molecule has 3 aromatic rings. The van der Waals surface area contributed by atoms with Crippen LogP contribution in [0.15, 0.2) is 53.7 Å². The number of hydrogen-bond donors (Lipinski definition) is 1. The van der Waals surface area contributed by atoms with Crippen molar-refractivity contribution in [2.45, 2.75) is 10.9 Å². The first kappa shape index (κ1) is 16.2. The van der Waals surface area contributed by atoms with E-state index in [1.165, 1.54) is 16.4 Å². The molecule has 24 heavy (non-hydrogen) atoms. The summed E-state index contributed by atoms with van der Waals surface area (Å²) in [4.78, 5) is 0. The van der Waals surface area contributed by atoms with Gasteiger partial charge in [-0.15, -0.1) is 10.2 Å². The Kier molecular flexibility index (Phi) is 4.90. The van der Waals surface area contributed by atoms with Crippen LogP contribution < -0.4 is 15.3 Å². The van der Waals surface area contributed by atoms with Crippen LogP contribution in [0.3, 0.4) is 0 Å². The van der Waals surface area contributed by atoms with Crippen molar-refractivity contribution in [2.24, 2.45) is 0 Å². The summed E-state index contributed by atoms with van der Waals surface area (Å²) in [5, 5.41) is 9.03. The third-order valence-electron chi connectivity index (χ3n) is 3.54. The van der Waals surface area contributed by atoms with Gasteiger partial charge < -0.3 is 15.3 Å². The van der Waals surface area contributed by atoms with E-state index in [4.69, 9.17) is 15.3 Å². The zero-order valence-corrected chi connectivity index (χ0v) is 14.3. The molecule has 3 rings (SSSR count). The van der Waals surface area contributed by atoms with Crippen LogP contribution in [0.1, 0.15) is 5.56 Å². The van der Waals surface area contributed by atoms with Crippen LogP contribution in [-0.2, 0) is 5.75 Å². The Morgan fingerprint density at radius 3 is 2.08 bits per heavy atom. The number of nitrogens with two attached hydrogens (primary N) is 1. The molecule has 1 heterocycles. The molecule has 0 aliphatic carbocycles. The predicted octanol–water partition coefficient (Wildman–Crippen LogP) is 2.97. The fourth-order valence-corrected chi connectivity index (χ4v) is 2.99. The summed E-state index contributed by atoms with van der Waals surface area (Å²) in [6, 6.07) is 15.5. The minimum atomic E-state index is 0.620. The molecule has 0 spiro atoms. The van der Waals surface area contributed by atoms with Crippen LogP contribution >= 0.6 is 11.8 Å². The van der Waals surface area contributed by atoms with E-state index in [9.17, 15) is 0 Å². The van der Waals surface area contributed by atoms with E-state index in [0.29, 0.717) is 11.0 Å². The average Bonchev–Trinajstić information content (AvgIpc) is 3.01. The average molecular weight is 342 g/mol. The monoisotopic (exact) mass is 342 g/mol. The molecule has 0 amide bonds. The van der Waals surface area contributed by atoms with Gasteiger partial charge in [0.1, 0.15) is 11.5 Å². The minimum absolute atomic E-state index is 0.620. The third-order valence-corrected chi connectivity index (χ3v) is 4.55. The Bertz CT molecular complexity index is 800. The first-order chi connectivity index (χ1) is 11.7. The lowest BCUT2D eigenvalue weighted by Gasteiger charge is -2.05. The zero-order chi connectivity index (χ0) is 16.9. The van der Waals surface area contributed by atoms with Crippen molar-refractivity contribution >= 4 is 11.8 Å². The number of methoxy groups -OCH3 is 2. The molecule has 0 aliphatic heterocycles. The lowest BCUT2D eigenvalue weighted by Crippen LogP contribution is -2.11. The van der Waals surface area contributed by atoms with Crippen molar-refractivity contribution in [1.29, 1.82) is 0 Å². The molecule has 0 unspecified atom stereocenters. The standard InChI is InChI=1S/C17H18N4O2S/c1-22-14-7-3-12(4-8-14)11-24-17-20-19-16(21(17)18)13-5-9-15(23-2)10-6-13/h3-10H,11,18H2,1-2H3. The van der Waals surface area contributed by atoms with Gasteiger partial charge in [-0.05, 0) is 42.0 Å². The van der Waals surface area contributed by atoms with Crippen molar-refractivity contribution in [2.75, 3.05) is 20.1 Å². The minimum Gasteiger partial charge on any atom is -0.497 e. The van der Waals surface area contributed by atoms with Crippen LogP contribution in [0.25, 0.3) is 11.4 Å². The molecule has 124 valence electrons. The molecule has 0 saturated carbocycles. The number of nitrogen functional groups attached to an aromatic ring is 1. The van der Waals surface area contributed by atoms with Crippen molar-refractivity contribution in [3.63, 3.8) is 0 Å². The van der Waals surface area contributed by atoms with Crippen LogP contribution in [0.4, 0.5) is 0 Å². The van der Waals surface area contributed by atoms with Crippen molar-refractivity contribution in [3.05, 3.63) is 54.1 Å². The number of benzene rings is 2. The van der Waals surface area contributed by atoms with E-state index in [0.717, 1.165) is 28.4 Å². The van der Waals surface area contributed by atoms with E-state index in [2.05, 4.69) is 10.2 Å². The van der Waals surface area contributed by atoms with E-state index >= 15 is 0 Å². The van der Waals surface area contributed by atoms with E-state index in [1.54, 1.807) is 14.2 Å². The third kappa shape index (κ3) is 3.46. The summed E-state index contributed by atoms with van der Waals surface area (Å²) < 4.78 is 11.8. The fourth-order valence-electron chi connectivity index (χ4n) is 2.18. The molecule has 0 radical (unpaired) electrons. The maximum absolute atomic E-state index is 6.14. The number of aromatic nitrogens is 3. The molecule has 0 bridgehead atoms. The number of nitrogens with zero attached hydrogens (tertiary/aromatic N) is 3. The van der Waals surface area contributed by atoms with Crippen molar-refractivity contribution in [3.8, 4) is 22.9 Å². The van der Waals surface area contributed by atoms with E-state index in [-0.39, 0.29) is 0 Å². The van der Waals surface area contributed by atoms with Gasteiger partial charge in [-0.3, -0.25) is 0 Å².